The third-order valence-corrected chi connectivity index (χ3v) is 14.1. The molecule has 0 radical (unpaired) electrons. The summed E-state index contributed by atoms with van der Waals surface area (Å²) in [7, 11) is -26.3. The molecule has 0 fully saturated rings. The van der Waals surface area contributed by atoms with Gasteiger partial charge in [-0.15, -0.1) is 0 Å². The Labute approximate surface area is 341 Å². The van der Waals surface area contributed by atoms with Crippen LogP contribution in [0.5, 0.6) is 0 Å². The summed E-state index contributed by atoms with van der Waals surface area (Å²) in [5.74, 6) is -2.45. The number of fused-ring (bicyclic) bond motifs is 6. The van der Waals surface area contributed by atoms with E-state index in [-0.39, 0.29) is 60.4 Å². The molecule has 0 saturated heterocycles. The van der Waals surface area contributed by atoms with Crippen molar-refractivity contribution in [3.63, 3.8) is 0 Å². The molecule has 0 spiro atoms. The summed E-state index contributed by atoms with van der Waals surface area (Å²) >= 11 is 0.298. The molecule has 0 unspecified atom stereocenters. The summed E-state index contributed by atoms with van der Waals surface area (Å²) in [5.41, 5.74) is -3.01. The van der Waals surface area contributed by atoms with E-state index < -0.39 is 87.9 Å². The van der Waals surface area contributed by atoms with Crippen molar-refractivity contribution >= 4 is 101 Å². The number of nitrogens with zero attached hydrogens (tertiary/aromatic N) is 2. The van der Waals surface area contributed by atoms with Gasteiger partial charge in [0, 0.05) is 50.2 Å². The number of benzene rings is 4. The molecule has 0 N–H and O–H groups in total. The summed E-state index contributed by atoms with van der Waals surface area (Å²) < 4.78 is 190. The predicted molar refractivity (Wildman–Crippen MR) is 200 cm³/mol. The van der Waals surface area contributed by atoms with Crippen LogP contribution in [0.2, 0.25) is 0 Å². The van der Waals surface area contributed by atoms with Gasteiger partial charge in [0.15, 0.2) is 15.8 Å². The van der Waals surface area contributed by atoms with Crippen LogP contribution in [0.4, 0.5) is 11.4 Å². The van der Waals surface area contributed by atoms with E-state index in [4.69, 9.17) is 0 Å². The van der Waals surface area contributed by atoms with Gasteiger partial charge in [0.1, 0.15) is 46.3 Å². The first kappa shape index (κ1) is 44.7. The van der Waals surface area contributed by atoms with Crippen LogP contribution in [0.25, 0.3) is 21.5 Å². The molecule has 0 aliphatic carbocycles. The average Bonchev–Trinajstić information content (AvgIpc) is 3.41. The van der Waals surface area contributed by atoms with Gasteiger partial charge in [-0.05, 0) is 72.7 Å². The van der Waals surface area contributed by atoms with E-state index in [9.17, 15) is 70.1 Å². The van der Waals surface area contributed by atoms with Gasteiger partial charge in [-0.25, -0.2) is 42.1 Å². The van der Waals surface area contributed by atoms with Gasteiger partial charge in [0.25, 0.3) is 0 Å². The standard InChI is InChI=1S/C33H32N2O18S6/c1-32(2)26(34(16-55(37,38)39)22-10-8-18-12-20(54-53-52-36)14-24(58(46,47)48)28(18)30(22)32)6-5-7-27-33(3,4)31-23(35(27)17-56(40,41)42)11-9-19-13-21(57(43,44)45)15-25(29(19)31)59(49,50)51/h5-15H,16-17H2,1-4H3,(H5-,36,37,38,39,40,41,42,43,44,45,46,47,48,49,50,51)/p-5. The van der Waals surface area contributed by atoms with E-state index >= 15 is 0 Å². The molecule has 2 heterocycles. The van der Waals surface area contributed by atoms with Gasteiger partial charge in [-0.1, -0.05) is 26.0 Å². The lowest BCUT2D eigenvalue weighted by molar-refractivity contribution is -0.777. The molecule has 6 rings (SSSR count). The fourth-order valence-corrected chi connectivity index (χ4v) is 11.5. The lowest BCUT2D eigenvalue weighted by Crippen LogP contribution is -2.31. The Kier molecular flexibility index (Phi) is 11.1. The van der Waals surface area contributed by atoms with Crippen LogP contribution in [-0.2, 0) is 70.8 Å². The molecular formula is C33H27N2O18S6-5. The molecule has 0 aromatic heterocycles. The van der Waals surface area contributed by atoms with Gasteiger partial charge in [-0.2, -0.15) is 8.91 Å². The van der Waals surface area contributed by atoms with Gasteiger partial charge >= 0.3 is 0 Å². The van der Waals surface area contributed by atoms with Crippen LogP contribution in [0.3, 0.4) is 0 Å². The van der Waals surface area contributed by atoms with Crippen molar-refractivity contribution < 1.29 is 84.1 Å². The lowest BCUT2D eigenvalue weighted by Gasteiger charge is -2.28. The zero-order valence-corrected chi connectivity index (χ0v) is 35.4. The van der Waals surface area contributed by atoms with Gasteiger partial charge in [0.2, 0.25) is 11.6 Å². The minimum Gasteiger partial charge on any atom is -0.747 e. The van der Waals surface area contributed by atoms with Crippen LogP contribution < -0.4 is 10.2 Å². The second kappa shape index (κ2) is 14.6. The highest BCUT2D eigenvalue weighted by Crippen LogP contribution is 2.53. The number of hydrogen-bond donors (Lipinski definition) is 0. The molecule has 59 heavy (non-hydrogen) atoms. The van der Waals surface area contributed by atoms with Crippen LogP contribution in [0, 0.1) is 0 Å². The van der Waals surface area contributed by atoms with Crippen LogP contribution in [0.1, 0.15) is 38.8 Å². The van der Waals surface area contributed by atoms with Crippen molar-refractivity contribution in [2.45, 2.75) is 58.1 Å². The van der Waals surface area contributed by atoms with E-state index in [2.05, 4.69) is 9.37 Å². The SMILES string of the molecule is CC1(C)C(=CC=CC2=[N+](CS(=O)(=O)[O-])c3ccc4cc(S(=O)(=O)[O-])cc(S(=O)(=O)[O-])c4c3C2(C)C)N(CS(=O)(=O)[O-])c2ccc3cc(SOO[O-])cc(S(=O)(=O)[O-])c3c21. The average molecular weight is 932 g/mol. The third-order valence-electron chi connectivity index (χ3n) is 9.83. The molecule has 20 nitrogen and oxygen atoms in total. The summed E-state index contributed by atoms with van der Waals surface area (Å²) in [6, 6.07) is 8.51. The smallest absolute Gasteiger partial charge is 0.237 e. The Morgan fingerprint density at radius 2 is 1.29 bits per heavy atom. The molecule has 0 amide bonds. The van der Waals surface area contributed by atoms with E-state index in [0.717, 1.165) is 27.7 Å². The first-order valence-corrected chi connectivity index (χ1v) is 24.4. The van der Waals surface area contributed by atoms with Gasteiger partial charge < -0.3 is 32.9 Å². The zero-order valence-electron chi connectivity index (χ0n) is 30.5. The molecule has 0 atom stereocenters. The number of allylic oxidation sites excluding steroid dienone is 4. The molecular weight excluding hydrogens is 905 g/mol. The normalized spacial score (nSPS) is 17.8. The number of rotatable bonds is 12. The molecule has 2 aliphatic rings. The van der Waals surface area contributed by atoms with Gasteiger partial charge in [-0.3, -0.25) is 5.04 Å². The molecule has 2 aliphatic heterocycles. The summed E-state index contributed by atoms with van der Waals surface area (Å²) in [5, 5.41) is 13.1. The Bertz CT molecular complexity index is 3170. The van der Waals surface area contributed by atoms with Crippen LogP contribution >= 0.6 is 12.0 Å². The zero-order chi connectivity index (χ0) is 44.1. The highest BCUT2D eigenvalue weighted by molar-refractivity contribution is 7.94. The number of hydrogen-bond acceptors (Lipinski definition) is 20. The van der Waals surface area contributed by atoms with E-state index in [1.54, 1.807) is 0 Å². The van der Waals surface area contributed by atoms with Crippen molar-refractivity contribution in [3.8, 4) is 0 Å². The Hall–Kier alpha value is -3.87. The third kappa shape index (κ3) is 8.43. The largest absolute Gasteiger partial charge is 0.747 e. The fourth-order valence-electron chi connectivity index (χ4n) is 7.75. The highest BCUT2D eigenvalue weighted by atomic mass is 32.2. The fraction of sp³-hybridized carbons (Fsp3) is 0.242. The second-order valence-electron chi connectivity index (χ2n) is 14.3. The van der Waals surface area contributed by atoms with E-state index in [0.29, 0.717) is 18.1 Å². The summed E-state index contributed by atoms with van der Waals surface area (Å²) in [6.45, 7) is 5.95. The summed E-state index contributed by atoms with van der Waals surface area (Å²) in [6.07, 6.45) is 3.82. The first-order chi connectivity index (χ1) is 26.9. The van der Waals surface area contributed by atoms with Crippen LogP contribution in [0.15, 0.2) is 92.0 Å². The van der Waals surface area contributed by atoms with E-state index in [1.165, 1.54) is 70.2 Å². The molecule has 4 aromatic carbocycles. The lowest BCUT2D eigenvalue weighted by atomic mass is 9.78. The van der Waals surface area contributed by atoms with E-state index in [1.807, 2.05) is 0 Å². The topological polar surface area (TPSA) is 334 Å². The minimum atomic E-state index is -5.53. The monoisotopic (exact) mass is 931 g/mol. The maximum atomic E-state index is 12.6. The minimum absolute atomic E-state index is 0.00336. The van der Waals surface area contributed by atoms with Crippen LogP contribution in [-0.4, -0.2) is 86.9 Å². The predicted octanol–water partition coefficient (Wildman–Crippen LogP) is 1.56. The maximum Gasteiger partial charge on any atom is 0.237 e. The molecule has 318 valence electrons. The maximum absolute atomic E-state index is 12.6. The first-order valence-electron chi connectivity index (χ1n) is 16.3. The van der Waals surface area contributed by atoms with Crippen molar-refractivity contribution in [2.24, 2.45) is 0 Å². The van der Waals surface area contributed by atoms with Crippen molar-refractivity contribution in [2.75, 3.05) is 16.7 Å². The summed E-state index contributed by atoms with van der Waals surface area (Å²) in [4.78, 5) is -1.93. The molecule has 26 heteroatoms. The Balaban J connectivity index is 1.60. The molecule has 0 saturated carbocycles. The van der Waals surface area contributed by atoms with Gasteiger partial charge in [0.05, 0.1) is 32.1 Å². The Morgan fingerprint density at radius 1 is 0.712 bits per heavy atom. The second-order valence-corrected chi connectivity index (χ2v) is 21.9. The van der Waals surface area contributed by atoms with Crippen molar-refractivity contribution in [1.29, 1.82) is 0 Å². The number of anilines is 1. The molecule has 4 aromatic rings. The Morgan fingerprint density at radius 3 is 1.85 bits per heavy atom. The molecule has 0 bridgehead atoms. The quantitative estimate of drug-likeness (QED) is 0.0639. The highest BCUT2D eigenvalue weighted by Gasteiger charge is 2.47. The van der Waals surface area contributed by atoms with Crippen molar-refractivity contribution in [1.82, 2.24) is 0 Å². The van der Waals surface area contributed by atoms with Crippen molar-refractivity contribution in [3.05, 3.63) is 83.6 Å².